The minimum absolute atomic E-state index is 0.0784. The number of carbonyl (C=O) groups is 1. The van der Waals surface area contributed by atoms with E-state index in [0.717, 1.165) is 55.1 Å². The van der Waals surface area contributed by atoms with Crippen molar-refractivity contribution >= 4 is 29.0 Å². The van der Waals surface area contributed by atoms with Crippen LogP contribution < -0.4 is 10.1 Å². The number of hydrogen-bond acceptors (Lipinski definition) is 4. The summed E-state index contributed by atoms with van der Waals surface area (Å²) in [6.45, 7) is 2.30. The smallest absolute Gasteiger partial charge is 0.253 e. The molecule has 0 spiro atoms. The molecule has 28 heavy (non-hydrogen) atoms. The number of aliphatic imine (C=N–C) groups is 1. The second-order valence-corrected chi connectivity index (χ2v) is 7.63. The number of nitrogens with one attached hydrogen (secondary N) is 1. The van der Waals surface area contributed by atoms with Gasteiger partial charge in [0.2, 0.25) is 0 Å². The maximum absolute atomic E-state index is 12.8. The molecule has 0 unspecified atom stereocenters. The summed E-state index contributed by atoms with van der Waals surface area (Å²) in [5, 5.41) is 4.02. The lowest BCUT2D eigenvalue weighted by atomic mass is 10.1. The first-order valence-electron chi connectivity index (χ1n) is 9.79. The quantitative estimate of drug-likeness (QED) is 0.818. The molecule has 1 amide bonds. The first-order valence-corrected chi connectivity index (χ1v) is 10.2. The molecule has 2 aromatic carbocycles. The molecule has 146 valence electrons. The van der Waals surface area contributed by atoms with Crippen molar-refractivity contribution in [1.82, 2.24) is 4.90 Å². The van der Waals surface area contributed by atoms with Crippen molar-refractivity contribution in [1.29, 1.82) is 0 Å². The first kappa shape index (κ1) is 18.8. The summed E-state index contributed by atoms with van der Waals surface area (Å²) >= 11 is 5.91. The molecular formula is C22H24ClN3O2. The second kappa shape index (κ2) is 8.65. The van der Waals surface area contributed by atoms with Crippen molar-refractivity contribution in [3.05, 3.63) is 59.1 Å². The maximum Gasteiger partial charge on any atom is 0.253 e. The number of likely N-dealkylation sites (tertiary alicyclic amines) is 1. The fraction of sp³-hybridized carbons (Fsp3) is 0.364. The van der Waals surface area contributed by atoms with E-state index in [4.69, 9.17) is 16.3 Å². The second-order valence-electron chi connectivity index (χ2n) is 7.20. The summed E-state index contributed by atoms with van der Waals surface area (Å²) in [6, 6.07) is 15.1. The van der Waals surface area contributed by atoms with Crippen LogP contribution in [0.1, 0.15) is 36.0 Å². The molecule has 0 atom stereocenters. The van der Waals surface area contributed by atoms with Gasteiger partial charge in [-0.05, 0) is 55.0 Å². The zero-order chi connectivity index (χ0) is 19.3. The number of amidine groups is 1. The van der Waals surface area contributed by atoms with Crippen molar-refractivity contribution in [2.45, 2.75) is 31.8 Å². The summed E-state index contributed by atoms with van der Waals surface area (Å²) in [4.78, 5) is 19.1. The molecule has 1 saturated heterocycles. The summed E-state index contributed by atoms with van der Waals surface area (Å²) < 4.78 is 6.01. The molecule has 0 saturated carbocycles. The Morgan fingerprint density at radius 3 is 2.43 bits per heavy atom. The standard InChI is InChI=1S/C22H24ClN3O2/c23-17-5-9-19(10-6-17)28-20-11-14-26(15-12-20)22(27)16-3-7-18(8-4-16)25-21-2-1-13-24-21/h3-10,20H,1-2,11-15H2,(H,24,25). The normalized spacial score (nSPS) is 17.3. The third kappa shape index (κ3) is 4.65. The number of halogens is 1. The van der Waals surface area contributed by atoms with E-state index in [1.54, 1.807) is 0 Å². The Labute approximate surface area is 170 Å². The van der Waals surface area contributed by atoms with E-state index in [2.05, 4.69) is 10.3 Å². The van der Waals surface area contributed by atoms with Crippen LogP contribution in [0.3, 0.4) is 0 Å². The Morgan fingerprint density at radius 1 is 1.07 bits per heavy atom. The van der Waals surface area contributed by atoms with Crippen LogP contribution in [-0.2, 0) is 0 Å². The van der Waals surface area contributed by atoms with Crippen LogP contribution in [0.15, 0.2) is 53.5 Å². The molecule has 0 radical (unpaired) electrons. The molecule has 2 heterocycles. The molecule has 0 aromatic heterocycles. The van der Waals surface area contributed by atoms with Crippen molar-refractivity contribution in [3.8, 4) is 5.75 Å². The molecule has 1 N–H and O–H groups in total. The predicted molar refractivity (Wildman–Crippen MR) is 113 cm³/mol. The summed E-state index contributed by atoms with van der Waals surface area (Å²) in [6.07, 6.45) is 3.88. The lowest BCUT2D eigenvalue weighted by molar-refractivity contribution is 0.0595. The van der Waals surface area contributed by atoms with Gasteiger partial charge in [-0.3, -0.25) is 9.79 Å². The van der Waals surface area contributed by atoms with Crippen molar-refractivity contribution in [2.24, 2.45) is 4.99 Å². The Bertz CT molecular complexity index is 841. The molecule has 0 aliphatic carbocycles. The van der Waals surface area contributed by atoms with E-state index < -0.39 is 0 Å². The molecule has 2 aromatic rings. The number of ether oxygens (including phenoxy) is 1. The van der Waals surface area contributed by atoms with Crippen LogP contribution in [0.25, 0.3) is 0 Å². The van der Waals surface area contributed by atoms with Gasteiger partial charge in [0.05, 0.1) is 0 Å². The van der Waals surface area contributed by atoms with Gasteiger partial charge in [0.15, 0.2) is 0 Å². The molecule has 6 heteroatoms. The van der Waals surface area contributed by atoms with Gasteiger partial charge < -0.3 is 15.0 Å². The molecule has 2 aliphatic rings. The lowest BCUT2D eigenvalue weighted by Gasteiger charge is -2.32. The van der Waals surface area contributed by atoms with Crippen LogP contribution in [0, 0.1) is 0 Å². The van der Waals surface area contributed by atoms with Gasteiger partial charge in [0, 0.05) is 55.2 Å². The first-order chi connectivity index (χ1) is 13.7. The molecule has 5 nitrogen and oxygen atoms in total. The number of amides is 1. The fourth-order valence-corrected chi connectivity index (χ4v) is 3.70. The highest BCUT2D eigenvalue weighted by molar-refractivity contribution is 6.30. The van der Waals surface area contributed by atoms with Gasteiger partial charge in [0.25, 0.3) is 5.91 Å². The molecule has 0 bridgehead atoms. The summed E-state index contributed by atoms with van der Waals surface area (Å²) in [5.41, 5.74) is 1.70. The van der Waals surface area contributed by atoms with E-state index in [-0.39, 0.29) is 12.0 Å². The summed E-state index contributed by atoms with van der Waals surface area (Å²) in [7, 11) is 0. The van der Waals surface area contributed by atoms with Crippen molar-refractivity contribution in [3.63, 3.8) is 0 Å². The van der Waals surface area contributed by atoms with E-state index in [9.17, 15) is 4.79 Å². The highest BCUT2D eigenvalue weighted by Crippen LogP contribution is 2.22. The van der Waals surface area contributed by atoms with Gasteiger partial charge in [-0.15, -0.1) is 0 Å². The Morgan fingerprint density at radius 2 is 1.79 bits per heavy atom. The van der Waals surface area contributed by atoms with Gasteiger partial charge in [-0.1, -0.05) is 11.6 Å². The highest BCUT2D eigenvalue weighted by atomic mass is 35.5. The average molecular weight is 398 g/mol. The molecule has 2 aliphatic heterocycles. The van der Waals surface area contributed by atoms with E-state index >= 15 is 0 Å². The minimum Gasteiger partial charge on any atom is -0.490 e. The maximum atomic E-state index is 12.8. The Balaban J connectivity index is 1.29. The number of nitrogens with zero attached hydrogens (tertiary/aromatic N) is 2. The molecule has 4 rings (SSSR count). The zero-order valence-corrected chi connectivity index (χ0v) is 16.5. The number of rotatable bonds is 4. The van der Waals surface area contributed by atoms with Crippen LogP contribution >= 0.6 is 11.6 Å². The highest BCUT2D eigenvalue weighted by Gasteiger charge is 2.24. The SMILES string of the molecule is O=C(c1ccc(NC2=NCCC2)cc1)N1CCC(Oc2ccc(Cl)cc2)CC1. The fourth-order valence-electron chi connectivity index (χ4n) is 3.57. The topological polar surface area (TPSA) is 53.9 Å². The number of benzene rings is 2. The number of anilines is 1. The predicted octanol–water partition coefficient (Wildman–Crippen LogP) is 4.63. The number of piperidine rings is 1. The van der Waals surface area contributed by atoms with Crippen LogP contribution in [0.2, 0.25) is 5.02 Å². The van der Waals surface area contributed by atoms with Crippen LogP contribution in [-0.4, -0.2) is 42.4 Å². The molecular weight excluding hydrogens is 374 g/mol. The van der Waals surface area contributed by atoms with Gasteiger partial charge in [0.1, 0.15) is 17.7 Å². The third-order valence-corrected chi connectivity index (χ3v) is 5.39. The minimum atomic E-state index is 0.0784. The third-order valence-electron chi connectivity index (χ3n) is 5.14. The van der Waals surface area contributed by atoms with Crippen LogP contribution in [0.5, 0.6) is 5.75 Å². The molecule has 1 fully saturated rings. The van der Waals surface area contributed by atoms with Crippen molar-refractivity contribution in [2.75, 3.05) is 25.0 Å². The summed E-state index contributed by atoms with van der Waals surface area (Å²) in [5.74, 6) is 1.93. The monoisotopic (exact) mass is 397 g/mol. The van der Waals surface area contributed by atoms with Gasteiger partial charge in [-0.25, -0.2) is 0 Å². The number of hydrogen-bond donors (Lipinski definition) is 1. The average Bonchev–Trinajstić information content (AvgIpc) is 3.23. The van der Waals surface area contributed by atoms with E-state index in [1.165, 1.54) is 0 Å². The van der Waals surface area contributed by atoms with E-state index in [1.807, 2.05) is 53.4 Å². The van der Waals surface area contributed by atoms with Gasteiger partial charge in [-0.2, -0.15) is 0 Å². The van der Waals surface area contributed by atoms with Gasteiger partial charge >= 0.3 is 0 Å². The number of carbonyl (C=O) groups excluding carboxylic acids is 1. The zero-order valence-electron chi connectivity index (χ0n) is 15.7. The Kier molecular flexibility index (Phi) is 5.81. The van der Waals surface area contributed by atoms with E-state index in [0.29, 0.717) is 18.1 Å². The van der Waals surface area contributed by atoms with Crippen molar-refractivity contribution < 1.29 is 9.53 Å². The van der Waals surface area contributed by atoms with Crippen LogP contribution in [0.4, 0.5) is 5.69 Å². The lowest BCUT2D eigenvalue weighted by Crippen LogP contribution is -2.41. The Hall–Kier alpha value is -2.53. The largest absolute Gasteiger partial charge is 0.490 e.